The minimum Gasteiger partial charge on any atom is -0.298 e. The second-order valence-electron chi connectivity index (χ2n) is 4.59. The van der Waals surface area contributed by atoms with E-state index in [4.69, 9.17) is 0 Å². The van der Waals surface area contributed by atoms with Gasteiger partial charge in [-0.25, -0.2) is 4.39 Å². The number of aromatic nitrogens is 3. The molecule has 0 saturated carbocycles. The summed E-state index contributed by atoms with van der Waals surface area (Å²) in [5.41, 5.74) is 1.70. The van der Waals surface area contributed by atoms with Gasteiger partial charge in [-0.1, -0.05) is 54.2 Å². The third kappa shape index (κ3) is 3.40. The Balaban J connectivity index is 1.75. The van der Waals surface area contributed by atoms with E-state index in [9.17, 15) is 9.18 Å². The van der Waals surface area contributed by atoms with Crippen molar-refractivity contribution in [2.45, 2.75) is 10.9 Å². The summed E-state index contributed by atoms with van der Waals surface area (Å²) in [6.45, 7) is 0. The van der Waals surface area contributed by atoms with Crippen molar-refractivity contribution in [3.8, 4) is 11.3 Å². The summed E-state index contributed by atoms with van der Waals surface area (Å²) >= 11 is 1.35. The third-order valence-electron chi connectivity index (χ3n) is 3.01. The summed E-state index contributed by atoms with van der Waals surface area (Å²) in [6, 6.07) is 15.4. The van der Waals surface area contributed by atoms with Gasteiger partial charge >= 0.3 is 0 Å². The predicted octanol–water partition coefficient (Wildman–Crippen LogP) is 3.26. The normalized spacial score (nSPS) is 10.6. The first-order valence-electron chi connectivity index (χ1n) is 6.62. The van der Waals surface area contributed by atoms with E-state index in [0.29, 0.717) is 16.6 Å². The van der Waals surface area contributed by atoms with Crippen LogP contribution in [0.1, 0.15) is 5.56 Å². The Hall–Kier alpha value is -2.47. The number of benzene rings is 2. The Kier molecular flexibility index (Phi) is 4.29. The number of aromatic amines is 1. The highest BCUT2D eigenvalue weighted by Gasteiger charge is 2.07. The number of nitrogens with zero attached hydrogens (tertiary/aromatic N) is 2. The summed E-state index contributed by atoms with van der Waals surface area (Å²) in [5.74, 6) is 0.310. The van der Waals surface area contributed by atoms with Gasteiger partial charge in [-0.05, 0) is 17.7 Å². The van der Waals surface area contributed by atoms with Crippen LogP contribution in [-0.2, 0) is 5.75 Å². The molecule has 2 aromatic carbocycles. The van der Waals surface area contributed by atoms with E-state index in [-0.39, 0.29) is 11.4 Å². The van der Waals surface area contributed by atoms with Gasteiger partial charge in [-0.2, -0.15) is 0 Å². The Morgan fingerprint density at radius 1 is 1.00 bits per heavy atom. The van der Waals surface area contributed by atoms with E-state index in [1.807, 2.05) is 30.3 Å². The number of hydrogen-bond donors (Lipinski definition) is 1. The van der Waals surface area contributed by atoms with Crippen molar-refractivity contribution in [1.29, 1.82) is 0 Å². The molecule has 110 valence electrons. The Morgan fingerprint density at radius 3 is 2.41 bits per heavy atom. The van der Waals surface area contributed by atoms with Crippen LogP contribution < -0.4 is 5.56 Å². The Morgan fingerprint density at radius 2 is 1.73 bits per heavy atom. The van der Waals surface area contributed by atoms with Crippen LogP contribution in [0.5, 0.6) is 0 Å². The van der Waals surface area contributed by atoms with Gasteiger partial charge in [-0.3, -0.25) is 9.78 Å². The molecule has 4 nitrogen and oxygen atoms in total. The maximum Gasteiger partial charge on any atom is 0.278 e. The minimum absolute atomic E-state index is 0.269. The number of hydrogen-bond acceptors (Lipinski definition) is 4. The predicted molar refractivity (Wildman–Crippen MR) is 84.0 cm³/mol. The van der Waals surface area contributed by atoms with Gasteiger partial charge in [-0.15, -0.1) is 10.2 Å². The SMILES string of the molecule is O=c1[nH]c(SCc2ccc(F)cc2)nnc1-c1ccccc1. The number of halogens is 1. The van der Waals surface area contributed by atoms with Crippen molar-refractivity contribution in [3.05, 3.63) is 76.3 Å². The molecule has 0 aliphatic heterocycles. The van der Waals surface area contributed by atoms with Crippen molar-refractivity contribution in [1.82, 2.24) is 15.2 Å². The van der Waals surface area contributed by atoms with Gasteiger partial charge in [0.05, 0.1) is 0 Å². The quantitative estimate of drug-likeness (QED) is 0.751. The summed E-state index contributed by atoms with van der Waals surface area (Å²) in [6.07, 6.45) is 0. The number of rotatable bonds is 4. The van der Waals surface area contributed by atoms with Gasteiger partial charge in [0.1, 0.15) is 5.82 Å². The molecule has 1 N–H and O–H groups in total. The molecule has 3 aromatic rings. The molecule has 1 heterocycles. The van der Waals surface area contributed by atoms with Crippen molar-refractivity contribution in [2.75, 3.05) is 0 Å². The van der Waals surface area contributed by atoms with E-state index in [1.165, 1.54) is 23.9 Å². The fourth-order valence-corrected chi connectivity index (χ4v) is 2.66. The van der Waals surface area contributed by atoms with E-state index in [2.05, 4.69) is 15.2 Å². The maximum atomic E-state index is 12.8. The lowest BCUT2D eigenvalue weighted by molar-refractivity contribution is 0.627. The van der Waals surface area contributed by atoms with Crippen LogP contribution in [0.3, 0.4) is 0 Å². The van der Waals surface area contributed by atoms with Crippen LogP contribution in [0.2, 0.25) is 0 Å². The first-order chi connectivity index (χ1) is 10.7. The number of thioether (sulfide) groups is 1. The van der Waals surface area contributed by atoms with Crippen molar-refractivity contribution in [2.24, 2.45) is 0 Å². The van der Waals surface area contributed by atoms with E-state index in [1.54, 1.807) is 12.1 Å². The van der Waals surface area contributed by atoms with Gasteiger partial charge in [0.25, 0.3) is 5.56 Å². The molecule has 0 amide bonds. The zero-order chi connectivity index (χ0) is 15.4. The van der Waals surface area contributed by atoms with E-state index >= 15 is 0 Å². The summed E-state index contributed by atoms with van der Waals surface area (Å²) < 4.78 is 12.8. The molecule has 0 radical (unpaired) electrons. The lowest BCUT2D eigenvalue weighted by atomic mass is 10.2. The molecule has 0 aliphatic rings. The standard InChI is InChI=1S/C16H12FN3OS/c17-13-8-6-11(7-9-13)10-22-16-18-15(21)14(19-20-16)12-4-2-1-3-5-12/h1-9H,10H2,(H,18,20,21). The van der Waals surface area contributed by atoms with Crippen LogP contribution in [0.15, 0.2) is 64.5 Å². The molecule has 0 bridgehead atoms. The van der Waals surface area contributed by atoms with E-state index in [0.717, 1.165) is 11.1 Å². The molecule has 6 heteroatoms. The molecular formula is C16H12FN3OS. The van der Waals surface area contributed by atoms with Gasteiger partial charge in [0.15, 0.2) is 10.9 Å². The number of nitrogens with one attached hydrogen (secondary N) is 1. The molecule has 1 aromatic heterocycles. The lowest BCUT2D eigenvalue weighted by Gasteiger charge is -2.02. The molecule has 3 rings (SSSR count). The highest BCUT2D eigenvalue weighted by atomic mass is 32.2. The second-order valence-corrected chi connectivity index (χ2v) is 5.55. The van der Waals surface area contributed by atoms with Gasteiger partial charge < -0.3 is 0 Å². The first-order valence-corrected chi connectivity index (χ1v) is 7.60. The van der Waals surface area contributed by atoms with E-state index < -0.39 is 0 Å². The second kappa shape index (κ2) is 6.53. The Bertz CT molecular complexity index is 819. The molecule has 0 spiro atoms. The molecule has 0 fully saturated rings. The van der Waals surface area contributed by atoms with Gasteiger partial charge in [0.2, 0.25) is 0 Å². The number of H-pyrrole nitrogens is 1. The average molecular weight is 313 g/mol. The minimum atomic E-state index is -0.275. The highest BCUT2D eigenvalue weighted by molar-refractivity contribution is 7.98. The van der Waals surface area contributed by atoms with Crippen LogP contribution in [0.4, 0.5) is 4.39 Å². The van der Waals surface area contributed by atoms with Crippen molar-refractivity contribution in [3.63, 3.8) is 0 Å². The maximum absolute atomic E-state index is 12.8. The van der Waals surface area contributed by atoms with Crippen molar-refractivity contribution < 1.29 is 4.39 Å². The van der Waals surface area contributed by atoms with Gasteiger partial charge in [0, 0.05) is 11.3 Å². The molecule has 0 unspecified atom stereocenters. The highest BCUT2D eigenvalue weighted by Crippen LogP contribution is 2.19. The zero-order valence-corrected chi connectivity index (χ0v) is 12.3. The van der Waals surface area contributed by atoms with Crippen molar-refractivity contribution >= 4 is 11.8 Å². The molecule has 22 heavy (non-hydrogen) atoms. The summed E-state index contributed by atoms with van der Waals surface area (Å²) in [4.78, 5) is 14.8. The lowest BCUT2D eigenvalue weighted by Crippen LogP contribution is -2.14. The zero-order valence-electron chi connectivity index (χ0n) is 11.5. The average Bonchev–Trinajstić information content (AvgIpc) is 2.55. The van der Waals surface area contributed by atoms with Crippen LogP contribution in [0.25, 0.3) is 11.3 Å². The monoisotopic (exact) mass is 313 g/mol. The summed E-state index contributed by atoms with van der Waals surface area (Å²) in [5, 5.41) is 8.47. The summed E-state index contributed by atoms with van der Waals surface area (Å²) in [7, 11) is 0. The topological polar surface area (TPSA) is 58.6 Å². The first kappa shape index (κ1) is 14.5. The Labute approximate surface area is 130 Å². The van der Waals surface area contributed by atoms with Crippen LogP contribution in [-0.4, -0.2) is 15.2 Å². The fourth-order valence-electron chi connectivity index (χ4n) is 1.90. The molecule has 0 saturated heterocycles. The smallest absolute Gasteiger partial charge is 0.278 e. The molecule has 0 aliphatic carbocycles. The fraction of sp³-hybridized carbons (Fsp3) is 0.0625. The van der Waals surface area contributed by atoms with Crippen LogP contribution >= 0.6 is 11.8 Å². The largest absolute Gasteiger partial charge is 0.298 e. The van der Waals surface area contributed by atoms with Crippen LogP contribution in [0, 0.1) is 5.82 Å². The third-order valence-corrected chi connectivity index (χ3v) is 3.95. The molecule has 0 atom stereocenters. The molecular weight excluding hydrogens is 301 g/mol.